The molecule has 1 amide bonds. The van der Waals surface area contributed by atoms with Crippen LogP contribution in [0.3, 0.4) is 0 Å². The number of carbonyl (C=O) groups is 1. The van der Waals surface area contributed by atoms with E-state index in [9.17, 15) is 4.79 Å². The molecule has 1 saturated heterocycles. The van der Waals surface area contributed by atoms with Crippen LogP contribution in [-0.2, 0) is 4.79 Å². The number of carbonyl (C=O) groups excluding carboxylic acids is 1. The molecule has 4 fully saturated rings. The number of hydrogen-bond acceptors (Lipinski definition) is 1. The van der Waals surface area contributed by atoms with Crippen LogP contribution in [-0.4, -0.2) is 23.9 Å². The first-order valence-corrected chi connectivity index (χ1v) is 8.71. The Morgan fingerprint density at radius 1 is 1.35 bits per heavy atom. The average Bonchev–Trinajstić information content (AvgIpc) is 3.09. The molecule has 3 saturated carbocycles. The van der Waals surface area contributed by atoms with E-state index in [0.29, 0.717) is 23.2 Å². The molecule has 0 aromatic rings. The maximum atomic E-state index is 13.0. The molecule has 108 valence electrons. The van der Waals surface area contributed by atoms with Crippen LogP contribution in [0.25, 0.3) is 0 Å². The van der Waals surface area contributed by atoms with Gasteiger partial charge in [0, 0.05) is 19.0 Å². The van der Waals surface area contributed by atoms with Gasteiger partial charge in [0.1, 0.15) is 0 Å². The molecule has 4 bridgehead atoms. The third-order valence-electron chi connectivity index (χ3n) is 7.53. The van der Waals surface area contributed by atoms with E-state index in [-0.39, 0.29) is 0 Å². The van der Waals surface area contributed by atoms with Crippen molar-refractivity contribution < 1.29 is 4.79 Å². The SMILES string of the molecule is CCCCN1CC2C3CC4(CC5=CCC3C4C5)C2C1=O. The highest BCUT2D eigenvalue weighted by molar-refractivity contribution is 5.83. The Balaban J connectivity index is 1.51. The van der Waals surface area contributed by atoms with E-state index in [1.54, 1.807) is 5.57 Å². The second kappa shape index (κ2) is 3.69. The van der Waals surface area contributed by atoms with Crippen molar-refractivity contribution in [3.8, 4) is 0 Å². The number of rotatable bonds is 3. The summed E-state index contributed by atoms with van der Waals surface area (Å²) in [7, 11) is 0. The van der Waals surface area contributed by atoms with Crippen LogP contribution in [0.4, 0.5) is 0 Å². The van der Waals surface area contributed by atoms with Gasteiger partial charge >= 0.3 is 0 Å². The Labute approximate surface area is 121 Å². The second-order valence-electron chi connectivity index (χ2n) is 8.13. The summed E-state index contributed by atoms with van der Waals surface area (Å²) >= 11 is 0. The summed E-state index contributed by atoms with van der Waals surface area (Å²) in [5, 5.41) is 0. The second-order valence-corrected chi connectivity index (χ2v) is 8.13. The third kappa shape index (κ3) is 1.17. The van der Waals surface area contributed by atoms with Gasteiger partial charge in [-0.25, -0.2) is 0 Å². The molecule has 2 nitrogen and oxygen atoms in total. The molecule has 0 N–H and O–H groups in total. The quantitative estimate of drug-likeness (QED) is 0.722. The highest BCUT2D eigenvalue weighted by Gasteiger charge is 2.72. The Morgan fingerprint density at radius 2 is 2.25 bits per heavy atom. The van der Waals surface area contributed by atoms with Gasteiger partial charge in [0.25, 0.3) is 0 Å². The maximum Gasteiger partial charge on any atom is 0.226 e. The van der Waals surface area contributed by atoms with E-state index in [2.05, 4.69) is 17.9 Å². The van der Waals surface area contributed by atoms with Gasteiger partial charge in [-0.15, -0.1) is 0 Å². The molecule has 5 rings (SSSR count). The Bertz CT molecular complexity index is 510. The molecular weight excluding hydrogens is 246 g/mol. The van der Waals surface area contributed by atoms with Gasteiger partial charge < -0.3 is 4.90 Å². The fourth-order valence-electron chi connectivity index (χ4n) is 6.97. The van der Waals surface area contributed by atoms with Crippen LogP contribution in [0.5, 0.6) is 0 Å². The van der Waals surface area contributed by atoms with E-state index in [1.165, 1.54) is 38.5 Å². The highest BCUT2D eigenvalue weighted by atomic mass is 16.2. The maximum absolute atomic E-state index is 13.0. The fraction of sp³-hybridized carbons (Fsp3) is 0.833. The summed E-state index contributed by atoms with van der Waals surface area (Å²) in [5.74, 6) is 4.35. The monoisotopic (exact) mass is 271 g/mol. The molecule has 6 atom stereocenters. The lowest BCUT2D eigenvalue weighted by atomic mass is 9.62. The van der Waals surface area contributed by atoms with E-state index >= 15 is 0 Å². The van der Waals surface area contributed by atoms with Crippen molar-refractivity contribution in [3.05, 3.63) is 11.6 Å². The average molecular weight is 271 g/mol. The van der Waals surface area contributed by atoms with E-state index < -0.39 is 0 Å². The van der Waals surface area contributed by atoms with E-state index in [0.717, 1.165) is 30.8 Å². The third-order valence-corrected chi connectivity index (χ3v) is 7.53. The fourth-order valence-corrected chi connectivity index (χ4v) is 6.97. The summed E-state index contributed by atoms with van der Waals surface area (Å²) < 4.78 is 0. The summed E-state index contributed by atoms with van der Waals surface area (Å²) in [6.07, 6.45) is 10.3. The van der Waals surface area contributed by atoms with Crippen molar-refractivity contribution in [1.29, 1.82) is 0 Å². The normalized spacial score (nSPS) is 50.9. The minimum atomic E-state index is 0.412. The summed E-state index contributed by atoms with van der Waals surface area (Å²) in [4.78, 5) is 15.2. The van der Waals surface area contributed by atoms with Crippen molar-refractivity contribution in [2.24, 2.45) is 35.0 Å². The van der Waals surface area contributed by atoms with Crippen molar-refractivity contribution in [3.63, 3.8) is 0 Å². The lowest BCUT2D eigenvalue weighted by Crippen LogP contribution is -2.41. The minimum Gasteiger partial charge on any atom is -0.342 e. The summed E-state index contributed by atoms with van der Waals surface area (Å²) in [6, 6.07) is 0. The Kier molecular flexibility index (Phi) is 2.18. The predicted molar refractivity (Wildman–Crippen MR) is 77.9 cm³/mol. The van der Waals surface area contributed by atoms with Crippen molar-refractivity contribution in [2.45, 2.75) is 45.4 Å². The number of hydrogen-bond donors (Lipinski definition) is 0. The van der Waals surface area contributed by atoms with Crippen LogP contribution in [0.15, 0.2) is 11.6 Å². The number of amides is 1. The minimum absolute atomic E-state index is 0.412. The molecule has 5 aliphatic rings. The van der Waals surface area contributed by atoms with Crippen molar-refractivity contribution in [1.82, 2.24) is 4.90 Å². The van der Waals surface area contributed by atoms with Crippen LogP contribution < -0.4 is 0 Å². The van der Waals surface area contributed by atoms with Crippen molar-refractivity contribution >= 4 is 5.91 Å². The van der Waals surface area contributed by atoms with Gasteiger partial charge in [0.2, 0.25) is 5.91 Å². The largest absolute Gasteiger partial charge is 0.342 e. The zero-order chi connectivity index (χ0) is 13.5. The van der Waals surface area contributed by atoms with Crippen LogP contribution in [0, 0.1) is 35.0 Å². The van der Waals surface area contributed by atoms with Gasteiger partial charge in [-0.1, -0.05) is 25.0 Å². The first-order valence-electron chi connectivity index (χ1n) is 8.71. The highest BCUT2D eigenvalue weighted by Crippen LogP contribution is 2.75. The number of allylic oxidation sites excluding steroid dienone is 2. The van der Waals surface area contributed by atoms with Gasteiger partial charge in [-0.05, 0) is 61.2 Å². The lowest BCUT2D eigenvalue weighted by Gasteiger charge is -2.40. The number of fused-ring (bicyclic) bond motifs is 5. The van der Waals surface area contributed by atoms with Gasteiger partial charge in [-0.2, -0.15) is 0 Å². The summed E-state index contributed by atoms with van der Waals surface area (Å²) in [5.41, 5.74) is 2.12. The van der Waals surface area contributed by atoms with Gasteiger partial charge in [-0.3, -0.25) is 4.79 Å². The molecule has 4 aliphatic carbocycles. The zero-order valence-corrected chi connectivity index (χ0v) is 12.5. The predicted octanol–water partition coefficient (Wildman–Crippen LogP) is 3.24. The van der Waals surface area contributed by atoms with Gasteiger partial charge in [0.05, 0.1) is 0 Å². The molecule has 6 unspecified atom stereocenters. The molecular formula is C18H25NO. The molecule has 1 aliphatic heterocycles. The Hall–Kier alpha value is -0.790. The number of unbranched alkanes of at least 4 members (excludes halogenated alkanes) is 1. The molecule has 1 heterocycles. The smallest absolute Gasteiger partial charge is 0.226 e. The topological polar surface area (TPSA) is 20.3 Å². The molecule has 20 heavy (non-hydrogen) atoms. The van der Waals surface area contributed by atoms with Gasteiger partial charge in [0.15, 0.2) is 0 Å². The van der Waals surface area contributed by atoms with E-state index in [4.69, 9.17) is 0 Å². The molecule has 1 spiro atoms. The lowest BCUT2D eigenvalue weighted by molar-refractivity contribution is -0.135. The standard InChI is InChI=1S/C18H25NO/c1-2-3-6-19-10-14-13-9-18(16(14)17(19)20)8-11-4-5-12(13)15(18)7-11/h4,12-16H,2-3,5-10H2,1H3. The molecule has 0 radical (unpaired) electrons. The van der Waals surface area contributed by atoms with Crippen LogP contribution >= 0.6 is 0 Å². The van der Waals surface area contributed by atoms with Crippen LogP contribution in [0.2, 0.25) is 0 Å². The van der Waals surface area contributed by atoms with Crippen LogP contribution in [0.1, 0.15) is 45.4 Å². The first kappa shape index (κ1) is 11.8. The first-order chi connectivity index (χ1) is 9.74. The Morgan fingerprint density at radius 3 is 3.10 bits per heavy atom. The molecule has 2 heteroatoms. The molecule has 0 aromatic carbocycles. The summed E-state index contributed by atoms with van der Waals surface area (Å²) in [6.45, 7) is 4.33. The molecule has 0 aromatic heterocycles. The van der Waals surface area contributed by atoms with Crippen molar-refractivity contribution in [2.75, 3.05) is 13.1 Å². The zero-order valence-electron chi connectivity index (χ0n) is 12.5. The van der Waals surface area contributed by atoms with E-state index in [1.807, 2.05) is 0 Å². The number of nitrogens with zero attached hydrogens (tertiary/aromatic N) is 1. The number of likely N-dealkylation sites (tertiary alicyclic amines) is 1.